The van der Waals surface area contributed by atoms with Gasteiger partial charge in [-0.25, -0.2) is 14.5 Å². The summed E-state index contributed by atoms with van der Waals surface area (Å²) in [5.41, 5.74) is 1.14. The van der Waals surface area contributed by atoms with E-state index in [0.29, 0.717) is 5.69 Å². The monoisotopic (exact) mass is 434 g/mol. The SMILES string of the molecule is CCOC(=O)c1csc(NC(=O)Cn2nc(-c3ccc4ccccc4c3)ccc2=O)n1. The van der Waals surface area contributed by atoms with E-state index in [-0.39, 0.29) is 24.0 Å². The molecule has 4 rings (SSSR count). The van der Waals surface area contributed by atoms with Gasteiger partial charge in [-0.05, 0) is 29.8 Å². The van der Waals surface area contributed by atoms with Crippen molar-refractivity contribution in [2.45, 2.75) is 13.5 Å². The summed E-state index contributed by atoms with van der Waals surface area (Å²) in [6, 6.07) is 16.8. The van der Waals surface area contributed by atoms with Gasteiger partial charge in [-0.3, -0.25) is 9.59 Å². The van der Waals surface area contributed by atoms with Gasteiger partial charge in [0, 0.05) is 17.0 Å². The third kappa shape index (κ3) is 4.67. The van der Waals surface area contributed by atoms with Crippen molar-refractivity contribution in [3.63, 3.8) is 0 Å². The molecule has 0 unspecified atom stereocenters. The highest BCUT2D eigenvalue weighted by molar-refractivity contribution is 7.14. The van der Waals surface area contributed by atoms with Crippen LogP contribution in [0.4, 0.5) is 5.13 Å². The Morgan fingerprint density at radius 2 is 1.90 bits per heavy atom. The number of aromatic nitrogens is 3. The average molecular weight is 434 g/mol. The van der Waals surface area contributed by atoms with E-state index in [4.69, 9.17) is 4.74 Å². The molecule has 0 fully saturated rings. The van der Waals surface area contributed by atoms with E-state index in [1.165, 1.54) is 11.4 Å². The maximum absolute atomic E-state index is 12.4. The Morgan fingerprint density at radius 3 is 2.71 bits per heavy atom. The number of carbonyl (C=O) groups excluding carboxylic acids is 2. The second-order valence-corrected chi connectivity index (χ2v) is 7.44. The largest absolute Gasteiger partial charge is 0.461 e. The second kappa shape index (κ2) is 8.88. The Hall–Kier alpha value is -3.85. The van der Waals surface area contributed by atoms with Crippen LogP contribution in [0.1, 0.15) is 17.4 Å². The quantitative estimate of drug-likeness (QED) is 0.467. The van der Waals surface area contributed by atoms with Gasteiger partial charge in [0.15, 0.2) is 10.8 Å². The van der Waals surface area contributed by atoms with Gasteiger partial charge in [0.1, 0.15) is 6.54 Å². The molecule has 0 saturated carbocycles. The van der Waals surface area contributed by atoms with Crippen LogP contribution in [0.15, 0.2) is 64.8 Å². The molecule has 156 valence electrons. The number of rotatable bonds is 6. The van der Waals surface area contributed by atoms with Gasteiger partial charge in [0.25, 0.3) is 5.56 Å². The third-order valence-corrected chi connectivity index (χ3v) is 5.20. The molecule has 0 saturated heterocycles. The number of thiazole rings is 1. The highest BCUT2D eigenvalue weighted by Crippen LogP contribution is 2.22. The maximum Gasteiger partial charge on any atom is 0.357 e. The van der Waals surface area contributed by atoms with Crippen LogP contribution in [0.25, 0.3) is 22.0 Å². The van der Waals surface area contributed by atoms with Crippen LogP contribution in [0, 0.1) is 0 Å². The third-order valence-electron chi connectivity index (χ3n) is 4.44. The number of hydrogen-bond acceptors (Lipinski definition) is 7. The predicted octanol–water partition coefficient (Wildman–Crippen LogP) is 3.34. The molecule has 0 aliphatic heterocycles. The van der Waals surface area contributed by atoms with Crippen LogP contribution in [0.2, 0.25) is 0 Å². The molecule has 1 N–H and O–H groups in total. The summed E-state index contributed by atoms with van der Waals surface area (Å²) < 4.78 is 5.97. The smallest absolute Gasteiger partial charge is 0.357 e. The number of ether oxygens (including phenoxy) is 1. The van der Waals surface area contributed by atoms with E-state index in [2.05, 4.69) is 15.4 Å². The molecule has 31 heavy (non-hydrogen) atoms. The van der Waals surface area contributed by atoms with Gasteiger partial charge in [-0.1, -0.05) is 36.4 Å². The summed E-state index contributed by atoms with van der Waals surface area (Å²) in [4.78, 5) is 40.3. The van der Waals surface area contributed by atoms with E-state index in [9.17, 15) is 14.4 Å². The highest BCUT2D eigenvalue weighted by atomic mass is 32.1. The molecule has 8 nitrogen and oxygen atoms in total. The fraction of sp³-hybridized carbons (Fsp3) is 0.136. The Bertz CT molecular complexity index is 1330. The van der Waals surface area contributed by atoms with E-state index in [0.717, 1.165) is 32.4 Å². The van der Waals surface area contributed by atoms with Crippen molar-refractivity contribution in [3.8, 4) is 11.3 Å². The summed E-state index contributed by atoms with van der Waals surface area (Å²) >= 11 is 1.10. The number of hydrogen-bond donors (Lipinski definition) is 1. The summed E-state index contributed by atoms with van der Waals surface area (Å²) in [6.45, 7) is 1.65. The van der Waals surface area contributed by atoms with E-state index < -0.39 is 17.4 Å². The molecular weight excluding hydrogens is 416 g/mol. The number of anilines is 1. The lowest BCUT2D eigenvalue weighted by Gasteiger charge is -2.08. The van der Waals surface area contributed by atoms with Gasteiger partial charge >= 0.3 is 5.97 Å². The minimum atomic E-state index is -0.555. The van der Waals surface area contributed by atoms with Crippen LogP contribution in [0.3, 0.4) is 0 Å². The lowest BCUT2D eigenvalue weighted by Crippen LogP contribution is -2.29. The first-order valence-electron chi connectivity index (χ1n) is 9.53. The molecule has 2 heterocycles. The first-order chi connectivity index (χ1) is 15.0. The standard InChI is InChI=1S/C22H18N4O4S/c1-2-30-21(29)18-13-31-22(23-18)24-19(27)12-26-20(28)10-9-17(25-26)16-8-7-14-5-3-4-6-15(14)11-16/h3-11,13H,2,12H2,1H3,(H,23,24,27). The molecule has 9 heteroatoms. The van der Waals surface area contributed by atoms with Gasteiger partial charge in [0.05, 0.1) is 12.3 Å². The zero-order chi connectivity index (χ0) is 21.8. The first-order valence-corrected chi connectivity index (χ1v) is 10.4. The van der Waals surface area contributed by atoms with Crippen LogP contribution >= 0.6 is 11.3 Å². The lowest BCUT2D eigenvalue weighted by atomic mass is 10.1. The van der Waals surface area contributed by atoms with Crippen LogP contribution in [-0.2, 0) is 16.1 Å². The Kier molecular flexibility index (Phi) is 5.85. The van der Waals surface area contributed by atoms with Crippen molar-refractivity contribution < 1.29 is 14.3 Å². The number of amides is 1. The minimum Gasteiger partial charge on any atom is -0.461 e. The second-order valence-electron chi connectivity index (χ2n) is 6.58. The molecule has 4 aromatic rings. The number of esters is 1. The number of carbonyl (C=O) groups is 2. The Balaban J connectivity index is 1.51. The zero-order valence-electron chi connectivity index (χ0n) is 16.6. The van der Waals surface area contributed by atoms with Crippen molar-refractivity contribution in [2.75, 3.05) is 11.9 Å². The van der Waals surface area contributed by atoms with E-state index in [1.807, 2.05) is 42.5 Å². The number of fused-ring (bicyclic) bond motifs is 1. The van der Waals surface area contributed by atoms with Crippen molar-refractivity contribution >= 4 is 39.1 Å². The summed E-state index contributed by atoms with van der Waals surface area (Å²) in [5.74, 6) is -1.03. The minimum absolute atomic E-state index is 0.121. The van der Waals surface area contributed by atoms with Crippen molar-refractivity contribution in [1.29, 1.82) is 0 Å². The van der Waals surface area contributed by atoms with Gasteiger partial charge in [-0.2, -0.15) is 5.10 Å². The Morgan fingerprint density at radius 1 is 1.10 bits per heavy atom. The molecule has 0 radical (unpaired) electrons. The average Bonchev–Trinajstić information content (AvgIpc) is 3.23. The fourth-order valence-electron chi connectivity index (χ4n) is 2.99. The Labute approximate surface area is 181 Å². The molecule has 2 aromatic heterocycles. The summed E-state index contributed by atoms with van der Waals surface area (Å²) in [7, 11) is 0. The molecule has 2 aromatic carbocycles. The number of nitrogens with zero attached hydrogens (tertiary/aromatic N) is 3. The molecule has 0 bridgehead atoms. The normalized spacial score (nSPS) is 10.7. The molecule has 1 amide bonds. The van der Waals surface area contributed by atoms with Crippen LogP contribution in [-0.4, -0.2) is 33.2 Å². The number of nitrogens with one attached hydrogen (secondary N) is 1. The van der Waals surface area contributed by atoms with Crippen molar-refractivity contribution in [1.82, 2.24) is 14.8 Å². The lowest BCUT2D eigenvalue weighted by molar-refractivity contribution is -0.117. The van der Waals surface area contributed by atoms with Crippen LogP contribution in [0.5, 0.6) is 0 Å². The summed E-state index contributed by atoms with van der Waals surface area (Å²) in [5, 5.41) is 10.8. The van der Waals surface area contributed by atoms with Crippen molar-refractivity contribution in [2.24, 2.45) is 0 Å². The fourth-order valence-corrected chi connectivity index (χ4v) is 3.69. The maximum atomic E-state index is 12.4. The molecule has 0 spiro atoms. The van der Waals surface area contributed by atoms with Gasteiger partial charge in [-0.15, -0.1) is 11.3 Å². The predicted molar refractivity (Wildman–Crippen MR) is 118 cm³/mol. The molecule has 0 aliphatic carbocycles. The van der Waals surface area contributed by atoms with Gasteiger partial charge in [0.2, 0.25) is 5.91 Å². The molecule has 0 atom stereocenters. The summed E-state index contributed by atoms with van der Waals surface area (Å²) in [6.07, 6.45) is 0. The topological polar surface area (TPSA) is 103 Å². The van der Waals surface area contributed by atoms with E-state index >= 15 is 0 Å². The zero-order valence-corrected chi connectivity index (χ0v) is 17.4. The number of benzene rings is 2. The highest BCUT2D eigenvalue weighted by Gasteiger charge is 2.14. The van der Waals surface area contributed by atoms with Crippen molar-refractivity contribution in [3.05, 3.63) is 76.0 Å². The first kappa shape index (κ1) is 20.4. The van der Waals surface area contributed by atoms with Crippen LogP contribution < -0.4 is 10.9 Å². The van der Waals surface area contributed by atoms with E-state index in [1.54, 1.807) is 13.0 Å². The molecular formula is C22H18N4O4S. The van der Waals surface area contributed by atoms with Gasteiger partial charge < -0.3 is 10.1 Å². The molecule has 0 aliphatic rings.